The first-order valence-electron chi connectivity index (χ1n) is 8.82. The standard InChI is InChI=1S/C19H18ClF3N4O3/c1-18(7-15(19(21,22)23)30-17(24)26-18)12-5-10(9-27(2)16(12)29)6-14(28)13-4-3-11(20)8-25-13/h3-5,8-9,15H,6-7H2,1-2H3,(H2,24,26)/t15-,18-/m0/s1. The van der Waals surface area contributed by atoms with Crippen LogP contribution in [0.15, 0.2) is 40.4 Å². The Morgan fingerprint density at radius 3 is 2.73 bits per heavy atom. The lowest BCUT2D eigenvalue weighted by atomic mass is 9.85. The second-order valence-corrected chi connectivity index (χ2v) is 7.65. The molecule has 0 saturated heterocycles. The first-order valence-corrected chi connectivity index (χ1v) is 9.20. The Kier molecular flexibility index (Phi) is 5.64. The molecule has 2 N–H and O–H groups in total. The van der Waals surface area contributed by atoms with Crippen LogP contribution in [0.25, 0.3) is 0 Å². The molecule has 7 nitrogen and oxygen atoms in total. The van der Waals surface area contributed by atoms with Gasteiger partial charge in [-0.1, -0.05) is 11.6 Å². The highest BCUT2D eigenvalue weighted by Crippen LogP contribution is 2.38. The summed E-state index contributed by atoms with van der Waals surface area (Å²) in [6.07, 6.45) is -4.85. The van der Waals surface area contributed by atoms with Crippen LogP contribution in [0.2, 0.25) is 5.02 Å². The number of ketones is 1. The lowest BCUT2D eigenvalue weighted by Crippen LogP contribution is -2.47. The van der Waals surface area contributed by atoms with Crippen LogP contribution in [0.1, 0.15) is 35.0 Å². The van der Waals surface area contributed by atoms with Gasteiger partial charge in [0.2, 0.25) is 0 Å². The van der Waals surface area contributed by atoms with Gasteiger partial charge in [0, 0.05) is 37.8 Å². The van der Waals surface area contributed by atoms with Gasteiger partial charge in [-0.3, -0.25) is 14.6 Å². The fraction of sp³-hybridized carbons (Fsp3) is 0.368. The molecule has 2 aromatic heterocycles. The second-order valence-electron chi connectivity index (χ2n) is 7.22. The maximum absolute atomic E-state index is 13.2. The molecule has 2 atom stereocenters. The van der Waals surface area contributed by atoms with Crippen LogP contribution in [-0.4, -0.2) is 33.6 Å². The predicted octanol–water partition coefficient (Wildman–Crippen LogP) is 2.74. The average molecular weight is 443 g/mol. The Morgan fingerprint density at radius 2 is 2.13 bits per heavy atom. The van der Waals surface area contributed by atoms with Gasteiger partial charge in [-0.2, -0.15) is 13.2 Å². The van der Waals surface area contributed by atoms with Gasteiger partial charge in [0.25, 0.3) is 11.6 Å². The monoisotopic (exact) mass is 442 g/mol. The van der Waals surface area contributed by atoms with Gasteiger partial charge in [0.1, 0.15) is 5.69 Å². The molecule has 1 aliphatic heterocycles. The van der Waals surface area contributed by atoms with Gasteiger partial charge in [-0.05, 0) is 30.7 Å². The first-order chi connectivity index (χ1) is 13.9. The van der Waals surface area contributed by atoms with E-state index in [0.29, 0.717) is 10.6 Å². The molecule has 30 heavy (non-hydrogen) atoms. The van der Waals surface area contributed by atoms with Crippen LogP contribution in [0.3, 0.4) is 0 Å². The predicted molar refractivity (Wildman–Crippen MR) is 103 cm³/mol. The normalized spacial score (nSPS) is 21.7. The van der Waals surface area contributed by atoms with Crippen molar-refractivity contribution in [3.8, 4) is 0 Å². The Bertz CT molecular complexity index is 1070. The fourth-order valence-electron chi connectivity index (χ4n) is 3.30. The summed E-state index contributed by atoms with van der Waals surface area (Å²) < 4.78 is 45.5. The van der Waals surface area contributed by atoms with E-state index in [9.17, 15) is 22.8 Å². The van der Waals surface area contributed by atoms with Crippen LogP contribution in [0.4, 0.5) is 13.2 Å². The number of carbonyl (C=O) groups is 1. The quantitative estimate of drug-likeness (QED) is 0.734. The van der Waals surface area contributed by atoms with Gasteiger partial charge < -0.3 is 15.0 Å². The number of nitrogens with two attached hydrogens (primary N) is 1. The highest BCUT2D eigenvalue weighted by Gasteiger charge is 2.50. The second kappa shape index (κ2) is 7.75. The van der Waals surface area contributed by atoms with Crippen molar-refractivity contribution in [3.05, 3.63) is 62.8 Å². The molecule has 0 saturated carbocycles. The zero-order valence-electron chi connectivity index (χ0n) is 16.0. The summed E-state index contributed by atoms with van der Waals surface area (Å²) in [6, 6.07) is 3.71. The van der Waals surface area contributed by atoms with E-state index >= 15 is 0 Å². The molecule has 160 valence electrons. The first kappa shape index (κ1) is 21.8. The Labute approximate surface area is 174 Å². The van der Waals surface area contributed by atoms with Crippen LogP contribution < -0.4 is 11.3 Å². The number of nitrogens with zero attached hydrogens (tertiary/aromatic N) is 3. The van der Waals surface area contributed by atoms with E-state index in [1.807, 2.05) is 0 Å². The van der Waals surface area contributed by atoms with E-state index in [1.165, 1.54) is 49.1 Å². The maximum Gasteiger partial charge on any atom is 0.425 e. The van der Waals surface area contributed by atoms with Crippen molar-refractivity contribution < 1.29 is 22.7 Å². The third kappa shape index (κ3) is 4.48. The number of hydrogen-bond acceptors (Lipinski definition) is 6. The van der Waals surface area contributed by atoms with E-state index in [-0.39, 0.29) is 23.5 Å². The van der Waals surface area contributed by atoms with Crippen LogP contribution >= 0.6 is 11.6 Å². The summed E-state index contributed by atoms with van der Waals surface area (Å²) >= 11 is 5.77. The van der Waals surface area contributed by atoms with Crippen molar-refractivity contribution in [3.63, 3.8) is 0 Å². The smallest absolute Gasteiger partial charge is 0.425 e. The maximum atomic E-state index is 13.2. The summed E-state index contributed by atoms with van der Waals surface area (Å²) in [4.78, 5) is 33.2. The number of carbonyl (C=O) groups excluding carboxylic acids is 1. The third-order valence-corrected chi connectivity index (χ3v) is 4.99. The van der Waals surface area contributed by atoms with Gasteiger partial charge in [0.05, 0.1) is 10.6 Å². The van der Waals surface area contributed by atoms with Crippen molar-refractivity contribution in [2.24, 2.45) is 17.8 Å². The molecule has 2 aromatic rings. The summed E-state index contributed by atoms with van der Waals surface area (Å²) in [5, 5.41) is 0.373. The fourth-order valence-corrected chi connectivity index (χ4v) is 3.41. The molecule has 0 spiro atoms. The minimum absolute atomic E-state index is 0.0140. The van der Waals surface area contributed by atoms with Gasteiger partial charge >= 0.3 is 6.18 Å². The molecule has 3 rings (SSSR count). The number of aromatic nitrogens is 2. The molecule has 0 unspecified atom stereocenters. The van der Waals surface area contributed by atoms with Gasteiger partial charge in [-0.25, -0.2) is 4.99 Å². The minimum atomic E-state index is -4.68. The zero-order chi connectivity index (χ0) is 22.3. The van der Waals surface area contributed by atoms with Crippen molar-refractivity contribution in [1.82, 2.24) is 9.55 Å². The molecule has 11 heteroatoms. The molecular weight excluding hydrogens is 425 g/mol. The van der Waals surface area contributed by atoms with E-state index in [1.54, 1.807) is 0 Å². The summed E-state index contributed by atoms with van der Waals surface area (Å²) in [5.74, 6) is -0.343. The number of aryl methyl sites for hydroxylation is 1. The molecule has 0 aromatic carbocycles. The highest BCUT2D eigenvalue weighted by atomic mass is 35.5. The average Bonchev–Trinajstić information content (AvgIpc) is 2.63. The molecule has 0 bridgehead atoms. The highest BCUT2D eigenvalue weighted by molar-refractivity contribution is 6.30. The van der Waals surface area contributed by atoms with Crippen molar-refractivity contribution >= 4 is 23.4 Å². The number of alkyl halides is 3. The largest absolute Gasteiger partial charge is 0.452 e. The lowest BCUT2D eigenvalue weighted by molar-refractivity contribution is -0.208. The number of hydrogen-bond donors (Lipinski definition) is 1. The number of Topliss-reactive ketones (excluding diaryl/α,β-unsaturated/α-hetero) is 1. The van der Waals surface area contributed by atoms with Crippen molar-refractivity contribution in [1.29, 1.82) is 0 Å². The zero-order valence-corrected chi connectivity index (χ0v) is 16.8. The van der Waals surface area contributed by atoms with E-state index < -0.39 is 35.8 Å². The summed E-state index contributed by atoms with van der Waals surface area (Å²) in [5.41, 5.74) is 3.93. The Balaban J connectivity index is 1.99. The van der Waals surface area contributed by atoms with Gasteiger partial charge in [-0.15, -0.1) is 0 Å². The SMILES string of the molecule is Cn1cc(CC(=O)c2ccc(Cl)cn2)cc([C@]2(C)C[C@@H](C(F)(F)F)OC(N)=N2)c1=O. The van der Waals surface area contributed by atoms with Crippen molar-refractivity contribution in [2.45, 2.75) is 37.6 Å². The molecule has 0 fully saturated rings. The Morgan fingerprint density at radius 1 is 1.43 bits per heavy atom. The number of amidine groups is 1. The van der Waals surface area contributed by atoms with Crippen LogP contribution in [0, 0.1) is 0 Å². The summed E-state index contributed by atoms with van der Waals surface area (Å²) in [7, 11) is 1.44. The van der Waals surface area contributed by atoms with E-state index in [2.05, 4.69) is 14.7 Å². The van der Waals surface area contributed by atoms with Crippen LogP contribution in [0.5, 0.6) is 0 Å². The lowest BCUT2D eigenvalue weighted by Gasteiger charge is -2.35. The molecule has 0 aliphatic carbocycles. The molecular formula is C19H18ClF3N4O3. The number of ether oxygens (including phenoxy) is 1. The topological polar surface area (TPSA) is 99.6 Å². The molecule has 0 amide bonds. The number of rotatable bonds is 4. The van der Waals surface area contributed by atoms with Gasteiger partial charge in [0.15, 0.2) is 11.9 Å². The molecule has 3 heterocycles. The van der Waals surface area contributed by atoms with Crippen LogP contribution in [-0.2, 0) is 23.7 Å². The van der Waals surface area contributed by atoms with Crippen molar-refractivity contribution in [2.75, 3.05) is 0 Å². The third-order valence-electron chi connectivity index (χ3n) is 4.77. The number of pyridine rings is 2. The number of aliphatic imine (C=N–C) groups is 1. The molecule has 0 radical (unpaired) electrons. The Hall–Kier alpha value is -2.88. The van der Waals surface area contributed by atoms with E-state index in [4.69, 9.17) is 17.3 Å². The molecule has 1 aliphatic rings. The minimum Gasteiger partial charge on any atom is -0.452 e. The number of halogens is 4. The van der Waals surface area contributed by atoms with E-state index in [0.717, 1.165) is 0 Å². The summed E-state index contributed by atoms with van der Waals surface area (Å²) in [6.45, 7) is 1.38.